The standard InChI is InChI=1S/C18H20N4O4/c23-18(21-13-3-4-16-17(8-13)26-12-25-16)22-7-6-20-9-14(22)11-24-15-2-1-5-19-10-15/h1-5,8,10,14,20H,6-7,9,11-12H2,(H,21,23). The van der Waals surface area contributed by atoms with Gasteiger partial charge in [0.15, 0.2) is 11.5 Å². The molecule has 1 aromatic carbocycles. The van der Waals surface area contributed by atoms with E-state index in [-0.39, 0.29) is 18.9 Å². The summed E-state index contributed by atoms with van der Waals surface area (Å²) in [6, 6.07) is 8.79. The zero-order valence-electron chi connectivity index (χ0n) is 14.2. The van der Waals surface area contributed by atoms with Gasteiger partial charge in [-0.1, -0.05) is 0 Å². The summed E-state index contributed by atoms with van der Waals surface area (Å²) in [6.07, 6.45) is 3.35. The quantitative estimate of drug-likeness (QED) is 0.867. The maximum Gasteiger partial charge on any atom is 0.322 e. The second-order valence-electron chi connectivity index (χ2n) is 6.05. The maximum atomic E-state index is 12.7. The van der Waals surface area contributed by atoms with Gasteiger partial charge < -0.3 is 29.7 Å². The third-order valence-corrected chi connectivity index (χ3v) is 4.31. The number of nitrogens with zero attached hydrogens (tertiary/aromatic N) is 2. The molecule has 2 amide bonds. The van der Waals surface area contributed by atoms with Crippen LogP contribution in [0.1, 0.15) is 0 Å². The van der Waals surface area contributed by atoms with Crippen LogP contribution in [-0.4, -0.2) is 55.0 Å². The highest BCUT2D eigenvalue weighted by molar-refractivity contribution is 5.90. The lowest BCUT2D eigenvalue weighted by atomic mass is 10.2. The fourth-order valence-electron chi connectivity index (χ4n) is 2.97. The molecule has 8 heteroatoms. The van der Waals surface area contributed by atoms with Crippen molar-refractivity contribution >= 4 is 11.7 Å². The molecule has 0 aliphatic carbocycles. The predicted octanol–water partition coefficient (Wildman–Crippen LogP) is 1.69. The minimum absolute atomic E-state index is 0.0713. The lowest BCUT2D eigenvalue weighted by molar-refractivity contribution is 0.133. The molecule has 2 aliphatic heterocycles. The van der Waals surface area contributed by atoms with Gasteiger partial charge in [-0.2, -0.15) is 0 Å². The summed E-state index contributed by atoms with van der Waals surface area (Å²) in [5.41, 5.74) is 0.671. The summed E-state index contributed by atoms with van der Waals surface area (Å²) in [7, 11) is 0. The number of pyridine rings is 1. The van der Waals surface area contributed by atoms with Crippen LogP contribution in [0.2, 0.25) is 0 Å². The molecule has 136 valence electrons. The number of amides is 2. The monoisotopic (exact) mass is 356 g/mol. The largest absolute Gasteiger partial charge is 0.490 e. The van der Waals surface area contributed by atoms with Crippen LogP contribution >= 0.6 is 0 Å². The van der Waals surface area contributed by atoms with Gasteiger partial charge in [-0.05, 0) is 24.3 Å². The van der Waals surface area contributed by atoms with Gasteiger partial charge in [-0.15, -0.1) is 0 Å². The van der Waals surface area contributed by atoms with E-state index in [0.717, 1.165) is 6.54 Å². The van der Waals surface area contributed by atoms with Crippen molar-refractivity contribution in [2.45, 2.75) is 6.04 Å². The number of carbonyl (C=O) groups excluding carboxylic acids is 1. The lowest BCUT2D eigenvalue weighted by Crippen LogP contribution is -2.57. The first kappa shape index (κ1) is 16.5. The van der Waals surface area contributed by atoms with E-state index in [1.807, 2.05) is 12.1 Å². The smallest absolute Gasteiger partial charge is 0.322 e. The molecule has 26 heavy (non-hydrogen) atoms. The second kappa shape index (κ2) is 7.49. The zero-order chi connectivity index (χ0) is 17.8. The summed E-state index contributed by atoms with van der Waals surface area (Å²) < 4.78 is 16.4. The van der Waals surface area contributed by atoms with E-state index in [1.165, 1.54) is 0 Å². The molecule has 3 heterocycles. The van der Waals surface area contributed by atoms with E-state index in [0.29, 0.717) is 42.6 Å². The Balaban J connectivity index is 1.39. The van der Waals surface area contributed by atoms with Crippen molar-refractivity contribution in [2.75, 3.05) is 38.4 Å². The van der Waals surface area contributed by atoms with Crippen molar-refractivity contribution < 1.29 is 19.0 Å². The predicted molar refractivity (Wildman–Crippen MR) is 94.7 cm³/mol. The van der Waals surface area contributed by atoms with E-state index in [9.17, 15) is 4.79 Å². The van der Waals surface area contributed by atoms with E-state index in [2.05, 4.69) is 15.6 Å². The molecule has 1 unspecified atom stereocenters. The number of hydrogen-bond acceptors (Lipinski definition) is 6. The third kappa shape index (κ3) is 3.65. The second-order valence-corrected chi connectivity index (χ2v) is 6.05. The van der Waals surface area contributed by atoms with Crippen molar-refractivity contribution in [3.63, 3.8) is 0 Å². The van der Waals surface area contributed by atoms with Gasteiger partial charge in [0.25, 0.3) is 0 Å². The van der Waals surface area contributed by atoms with E-state index in [4.69, 9.17) is 14.2 Å². The molecule has 8 nitrogen and oxygen atoms in total. The molecule has 1 saturated heterocycles. The first-order valence-corrected chi connectivity index (χ1v) is 8.50. The summed E-state index contributed by atoms with van der Waals surface area (Å²) in [5, 5.41) is 6.23. The fraction of sp³-hybridized carbons (Fsp3) is 0.333. The molecule has 1 aromatic heterocycles. The number of rotatable bonds is 4. The number of urea groups is 1. The van der Waals surface area contributed by atoms with Crippen molar-refractivity contribution in [1.29, 1.82) is 0 Å². The zero-order valence-corrected chi connectivity index (χ0v) is 14.2. The normalized spacial score (nSPS) is 18.5. The summed E-state index contributed by atoms with van der Waals surface area (Å²) in [6.45, 7) is 2.63. The summed E-state index contributed by atoms with van der Waals surface area (Å²) in [4.78, 5) is 18.6. The molecule has 0 saturated carbocycles. The average molecular weight is 356 g/mol. The first-order valence-electron chi connectivity index (χ1n) is 8.50. The molecule has 2 aromatic rings. The van der Waals surface area contributed by atoms with Gasteiger partial charge in [-0.25, -0.2) is 4.79 Å². The van der Waals surface area contributed by atoms with Gasteiger partial charge in [0.1, 0.15) is 12.4 Å². The molecule has 0 bridgehead atoms. The van der Waals surface area contributed by atoms with E-state index >= 15 is 0 Å². The molecule has 4 rings (SSSR count). The number of aromatic nitrogens is 1. The van der Waals surface area contributed by atoms with Crippen LogP contribution in [0, 0.1) is 0 Å². The SMILES string of the molecule is O=C(Nc1ccc2c(c1)OCO2)N1CCNCC1COc1cccnc1. The Bertz CT molecular complexity index is 771. The molecular weight excluding hydrogens is 336 g/mol. The first-order chi connectivity index (χ1) is 12.8. The summed E-state index contributed by atoms with van der Waals surface area (Å²) >= 11 is 0. The number of carbonyl (C=O) groups is 1. The Morgan fingerprint density at radius 1 is 1.35 bits per heavy atom. The molecule has 0 spiro atoms. The molecule has 1 fully saturated rings. The van der Waals surface area contributed by atoms with Gasteiger partial charge >= 0.3 is 6.03 Å². The van der Waals surface area contributed by atoms with E-state index < -0.39 is 0 Å². The highest BCUT2D eigenvalue weighted by Crippen LogP contribution is 2.34. The van der Waals surface area contributed by atoms with Crippen molar-refractivity contribution in [3.8, 4) is 17.2 Å². The number of hydrogen-bond donors (Lipinski definition) is 2. The third-order valence-electron chi connectivity index (χ3n) is 4.31. The molecular formula is C18H20N4O4. The minimum atomic E-state index is -0.162. The van der Waals surface area contributed by atoms with Crippen LogP contribution in [0.25, 0.3) is 0 Å². The molecule has 2 aliphatic rings. The van der Waals surface area contributed by atoms with Crippen molar-refractivity contribution in [3.05, 3.63) is 42.7 Å². The Labute approximate surface area is 151 Å². The molecule has 0 radical (unpaired) electrons. The van der Waals surface area contributed by atoms with E-state index in [1.54, 1.807) is 35.5 Å². The van der Waals surface area contributed by atoms with Crippen LogP contribution < -0.4 is 24.8 Å². The van der Waals surface area contributed by atoms with Gasteiger partial charge in [0.05, 0.1) is 12.2 Å². The van der Waals surface area contributed by atoms with Crippen molar-refractivity contribution in [2.24, 2.45) is 0 Å². The minimum Gasteiger partial charge on any atom is -0.490 e. The highest BCUT2D eigenvalue weighted by Gasteiger charge is 2.27. The molecule has 1 atom stereocenters. The topological polar surface area (TPSA) is 85.0 Å². The highest BCUT2D eigenvalue weighted by atomic mass is 16.7. The average Bonchev–Trinajstić information content (AvgIpc) is 3.15. The maximum absolute atomic E-state index is 12.7. The number of nitrogens with one attached hydrogen (secondary N) is 2. The van der Waals surface area contributed by atoms with Gasteiger partial charge in [0, 0.05) is 37.6 Å². The number of anilines is 1. The van der Waals surface area contributed by atoms with Crippen LogP contribution in [0.4, 0.5) is 10.5 Å². The lowest BCUT2D eigenvalue weighted by Gasteiger charge is -2.35. The van der Waals surface area contributed by atoms with Gasteiger partial charge in [-0.3, -0.25) is 4.98 Å². The fourth-order valence-corrected chi connectivity index (χ4v) is 2.97. The van der Waals surface area contributed by atoms with Crippen LogP contribution in [0.3, 0.4) is 0 Å². The Morgan fingerprint density at radius 3 is 3.15 bits per heavy atom. The Kier molecular flexibility index (Phi) is 4.74. The Morgan fingerprint density at radius 2 is 2.27 bits per heavy atom. The molecule has 2 N–H and O–H groups in total. The van der Waals surface area contributed by atoms with Gasteiger partial charge in [0.2, 0.25) is 6.79 Å². The van der Waals surface area contributed by atoms with Crippen LogP contribution in [0.5, 0.6) is 17.2 Å². The number of fused-ring (bicyclic) bond motifs is 1. The number of benzene rings is 1. The van der Waals surface area contributed by atoms with Crippen LogP contribution in [-0.2, 0) is 0 Å². The number of piperazine rings is 1. The van der Waals surface area contributed by atoms with Crippen molar-refractivity contribution in [1.82, 2.24) is 15.2 Å². The Hall–Kier alpha value is -3.00. The summed E-state index contributed by atoms with van der Waals surface area (Å²) in [5.74, 6) is 2.02. The van der Waals surface area contributed by atoms with Crippen LogP contribution in [0.15, 0.2) is 42.7 Å². The number of ether oxygens (including phenoxy) is 3.